The lowest BCUT2D eigenvalue weighted by molar-refractivity contribution is 0.266. The highest BCUT2D eigenvalue weighted by molar-refractivity contribution is 7.09. The van der Waals surface area contributed by atoms with E-state index in [1.807, 2.05) is 13.1 Å². The molecule has 0 unspecified atom stereocenters. The molecule has 6 nitrogen and oxygen atoms in total. The SMILES string of the molecule is CCc1nc(CN(C)c2cc(N3CCC[C@H]3CO)ncn2)cs1. The van der Waals surface area contributed by atoms with Crippen molar-refractivity contribution >= 4 is 23.0 Å². The van der Waals surface area contributed by atoms with E-state index in [0.717, 1.165) is 49.7 Å². The third kappa shape index (κ3) is 3.61. The zero-order chi connectivity index (χ0) is 16.2. The van der Waals surface area contributed by atoms with Crippen molar-refractivity contribution in [3.05, 3.63) is 28.5 Å². The number of aromatic nitrogens is 3. The fourth-order valence-electron chi connectivity index (χ4n) is 2.94. The maximum atomic E-state index is 9.49. The number of thiazole rings is 1. The average molecular weight is 333 g/mol. The molecule has 1 N–H and O–H groups in total. The summed E-state index contributed by atoms with van der Waals surface area (Å²) in [4.78, 5) is 17.6. The number of hydrogen-bond donors (Lipinski definition) is 1. The molecule has 2 aromatic heterocycles. The van der Waals surface area contributed by atoms with Crippen LogP contribution in [0, 0.1) is 0 Å². The van der Waals surface area contributed by atoms with Gasteiger partial charge in [-0.05, 0) is 19.3 Å². The summed E-state index contributed by atoms with van der Waals surface area (Å²) >= 11 is 1.71. The first kappa shape index (κ1) is 16.1. The van der Waals surface area contributed by atoms with Gasteiger partial charge in [0.15, 0.2) is 0 Å². The van der Waals surface area contributed by atoms with Crippen LogP contribution in [-0.2, 0) is 13.0 Å². The van der Waals surface area contributed by atoms with Crippen LogP contribution in [0.5, 0.6) is 0 Å². The van der Waals surface area contributed by atoms with Crippen molar-refractivity contribution in [2.24, 2.45) is 0 Å². The van der Waals surface area contributed by atoms with E-state index in [1.54, 1.807) is 17.7 Å². The second kappa shape index (κ2) is 7.23. The van der Waals surface area contributed by atoms with E-state index in [0.29, 0.717) is 0 Å². The van der Waals surface area contributed by atoms with Crippen LogP contribution in [0.15, 0.2) is 17.8 Å². The standard InChI is InChI=1S/C16H23N5OS/c1-3-16-19-12(10-23-16)8-20(2)14-7-15(18-11-17-14)21-6-4-5-13(21)9-22/h7,10-11,13,22H,3-6,8-9H2,1-2H3/t13-/m0/s1. The van der Waals surface area contributed by atoms with Crippen LogP contribution in [0.1, 0.15) is 30.5 Å². The van der Waals surface area contributed by atoms with Crippen molar-refractivity contribution in [1.82, 2.24) is 15.0 Å². The van der Waals surface area contributed by atoms with Crippen molar-refractivity contribution in [3.63, 3.8) is 0 Å². The molecule has 7 heteroatoms. The first-order valence-electron chi connectivity index (χ1n) is 8.05. The fourth-order valence-corrected chi connectivity index (χ4v) is 3.67. The first-order chi connectivity index (χ1) is 11.2. The number of aliphatic hydroxyl groups is 1. The molecule has 0 aromatic carbocycles. The Hall–Kier alpha value is -1.73. The molecular formula is C16H23N5OS. The topological polar surface area (TPSA) is 65.4 Å². The summed E-state index contributed by atoms with van der Waals surface area (Å²) in [6.07, 6.45) is 4.69. The van der Waals surface area contributed by atoms with Crippen LogP contribution in [0.4, 0.5) is 11.6 Å². The fraction of sp³-hybridized carbons (Fsp3) is 0.562. The van der Waals surface area contributed by atoms with Crippen LogP contribution in [0.25, 0.3) is 0 Å². The lowest BCUT2D eigenvalue weighted by Crippen LogP contribution is -2.33. The van der Waals surface area contributed by atoms with Crippen molar-refractivity contribution in [2.45, 2.75) is 38.8 Å². The molecule has 3 rings (SSSR count). The number of rotatable bonds is 6. The minimum atomic E-state index is 0.174. The maximum absolute atomic E-state index is 9.49. The van der Waals surface area contributed by atoms with Crippen LogP contribution in [-0.4, -0.2) is 46.3 Å². The van der Waals surface area contributed by atoms with Crippen molar-refractivity contribution in [2.75, 3.05) is 30.0 Å². The van der Waals surface area contributed by atoms with Crippen molar-refractivity contribution in [3.8, 4) is 0 Å². The van der Waals surface area contributed by atoms with Gasteiger partial charge in [0, 0.05) is 25.0 Å². The number of hydrogen-bond acceptors (Lipinski definition) is 7. The van der Waals surface area contributed by atoms with Gasteiger partial charge in [0.05, 0.1) is 29.9 Å². The van der Waals surface area contributed by atoms with Gasteiger partial charge in [-0.2, -0.15) is 0 Å². The summed E-state index contributed by atoms with van der Waals surface area (Å²) in [6.45, 7) is 3.97. The second-order valence-corrected chi connectivity index (χ2v) is 6.79. The van der Waals surface area contributed by atoms with E-state index < -0.39 is 0 Å². The van der Waals surface area contributed by atoms with E-state index in [2.05, 4.69) is 37.1 Å². The molecule has 3 heterocycles. The van der Waals surface area contributed by atoms with Gasteiger partial charge in [-0.1, -0.05) is 6.92 Å². The Kier molecular flexibility index (Phi) is 5.07. The summed E-state index contributed by atoms with van der Waals surface area (Å²) in [7, 11) is 2.02. The third-order valence-corrected chi connectivity index (χ3v) is 5.25. The molecule has 0 saturated carbocycles. The van der Waals surface area contributed by atoms with Gasteiger partial charge in [-0.3, -0.25) is 0 Å². The molecule has 1 aliphatic rings. The molecule has 0 radical (unpaired) electrons. The molecule has 0 aliphatic carbocycles. The molecule has 0 spiro atoms. The van der Waals surface area contributed by atoms with Gasteiger partial charge in [-0.15, -0.1) is 11.3 Å². The van der Waals surface area contributed by atoms with E-state index >= 15 is 0 Å². The Morgan fingerprint density at radius 1 is 1.43 bits per heavy atom. The van der Waals surface area contributed by atoms with E-state index in [4.69, 9.17) is 0 Å². The van der Waals surface area contributed by atoms with Gasteiger partial charge >= 0.3 is 0 Å². The van der Waals surface area contributed by atoms with Gasteiger partial charge < -0.3 is 14.9 Å². The lowest BCUT2D eigenvalue weighted by atomic mass is 10.2. The predicted octanol–water partition coefficient (Wildman–Crippen LogP) is 2.09. The van der Waals surface area contributed by atoms with Crippen LogP contribution >= 0.6 is 11.3 Å². The van der Waals surface area contributed by atoms with Crippen molar-refractivity contribution < 1.29 is 5.11 Å². The zero-order valence-corrected chi connectivity index (χ0v) is 14.5. The molecule has 0 amide bonds. The summed E-state index contributed by atoms with van der Waals surface area (Å²) < 4.78 is 0. The van der Waals surface area contributed by atoms with E-state index in [9.17, 15) is 5.11 Å². The molecular weight excluding hydrogens is 310 g/mol. The highest BCUT2D eigenvalue weighted by atomic mass is 32.1. The van der Waals surface area contributed by atoms with Gasteiger partial charge in [0.1, 0.15) is 18.0 Å². The lowest BCUT2D eigenvalue weighted by Gasteiger charge is -2.25. The molecule has 1 aliphatic heterocycles. The van der Waals surface area contributed by atoms with Gasteiger partial charge in [-0.25, -0.2) is 15.0 Å². The van der Waals surface area contributed by atoms with Gasteiger partial charge in [0.25, 0.3) is 0 Å². The number of aliphatic hydroxyl groups excluding tert-OH is 1. The Bertz CT molecular complexity index is 647. The zero-order valence-electron chi connectivity index (χ0n) is 13.6. The summed E-state index contributed by atoms with van der Waals surface area (Å²) in [6, 6.07) is 2.18. The largest absolute Gasteiger partial charge is 0.394 e. The predicted molar refractivity (Wildman–Crippen MR) is 93.1 cm³/mol. The Morgan fingerprint density at radius 3 is 3.04 bits per heavy atom. The van der Waals surface area contributed by atoms with E-state index in [1.165, 1.54) is 5.01 Å². The molecule has 0 bridgehead atoms. The molecule has 1 fully saturated rings. The van der Waals surface area contributed by atoms with Gasteiger partial charge in [0.2, 0.25) is 0 Å². The maximum Gasteiger partial charge on any atom is 0.134 e. The Balaban J connectivity index is 1.73. The smallest absolute Gasteiger partial charge is 0.134 e. The quantitative estimate of drug-likeness (QED) is 0.873. The monoisotopic (exact) mass is 333 g/mol. The molecule has 124 valence electrons. The number of nitrogens with zero attached hydrogens (tertiary/aromatic N) is 5. The normalized spacial score (nSPS) is 17.7. The Morgan fingerprint density at radius 2 is 2.30 bits per heavy atom. The van der Waals surface area contributed by atoms with Crippen LogP contribution in [0.3, 0.4) is 0 Å². The second-order valence-electron chi connectivity index (χ2n) is 5.85. The average Bonchev–Trinajstić information content (AvgIpc) is 3.23. The number of anilines is 2. The highest BCUT2D eigenvalue weighted by Crippen LogP contribution is 2.26. The minimum Gasteiger partial charge on any atom is -0.394 e. The summed E-state index contributed by atoms with van der Waals surface area (Å²) in [5.74, 6) is 1.77. The van der Waals surface area contributed by atoms with Crippen molar-refractivity contribution in [1.29, 1.82) is 0 Å². The summed E-state index contributed by atoms with van der Waals surface area (Å²) in [5.41, 5.74) is 1.07. The van der Waals surface area contributed by atoms with Crippen LogP contribution in [0.2, 0.25) is 0 Å². The summed E-state index contributed by atoms with van der Waals surface area (Å²) in [5, 5.41) is 12.8. The third-order valence-electron chi connectivity index (χ3n) is 4.21. The van der Waals surface area contributed by atoms with E-state index in [-0.39, 0.29) is 12.6 Å². The molecule has 1 atom stereocenters. The van der Waals surface area contributed by atoms with Crippen LogP contribution < -0.4 is 9.80 Å². The first-order valence-corrected chi connectivity index (χ1v) is 8.93. The molecule has 2 aromatic rings. The minimum absolute atomic E-state index is 0.174. The molecule has 23 heavy (non-hydrogen) atoms. The highest BCUT2D eigenvalue weighted by Gasteiger charge is 2.25. The molecule has 1 saturated heterocycles. The Labute approximate surface area is 140 Å². The number of aryl methyl sites for hydroxylation is 1.